The van der Waals surface area contributed by atoms with Gasteiger partial charge in [-0.1, -0.05) is 0 Å². The molecule has 116 valence electrons. The quantitative estimate of drug-likeness (QED) is 0.835. The minimum atomic E-state index is -3.82. The average molecular weight is 313 g/mol. The maximum atomic E-state index is 14.0. The van der Waals surface area contributed by atoms with Gasteiger partial charge >= 0.3 is 0 Å². The number of fused-ring (bicyclic) bond motifs is 1. The van der Waals surface area contributed by atoms with Crippen molar-refractivity contribution in [2.45, 2.75) is 36.7 Å². The zero-order valence-corrected chi connectivity index (χ0v) is 12.8. The number of anilines is 1. The number of hydrogen-bond donors (Lipinski definition) is 1. The van der Waals surface area contributed by atoms with E-state index in [1.54, 1.807) is 0 Å². The highest BCUT2D eigenvalue weighted by Crippen LogP contribution is 2.30. The van der Waals surface area contributed by atoms with Crippen molar-refractivity contribution < 1.29 is 12.8 Å². The molecule has 0 spiro atoms. The van der Waals surface area contributed by atoms with E-state index < -0.39 is 15.8 Å². The Labute approximate surface area is 124 Å². The molecule has 2 aliphatic heterocycles. The molecule has 2 N–H and O–H groups in total. The molecule has 0 aliphatic carbocycles. The second-order valence-electron chi connectivity index (χ2n) is 5.90. The first kappa shape index (κ1) is 14.7. The second-order valence-corrected chi connectivity index (χ2v) is 7.76. The summed E-state index contributed by atoms with van der Waals surface area (Å²) < 4.78 is 40.9. The number of nitrogen functional groups attached to an aromatic ring is 1. The average Bonchev–Trinajstić information content (AvgIpc) is 2.84. The summed E-state index contributed by atoms with van der Waals surface area (Å²) in [4.78, 5) is 2.05. The number of rotatable bonds is 2. The lowest BCUT2D eigenvalue weighted by Crippen LogP contribution is -2.56. The molecule has 21 heavy (non-hydrogen) atoms. The molecule has 1 aromatic carbocycles. The first-order valence-corrected chi connectivity index (χ1v) is 8.64. The van der Waals surface area contributed by atoms with Crippen molar-refractivity contribution in [1.82, 2.24) is 9.21 Å². The molecule has 2 fully saturated rings. The monoisotopic (exact) mass is 313 g/mol. The van der Waals surface area contributed by atoms with Gasteiger partial charge in [-0.2, -0.15) is 4.31 Å². The van der Waals surface area contributed by atoms with Gasteiger partial charge in [-0.25, -0.2) is 12.8 Å². The van der Waals surface area contributed by atoms with E-state index in [1.165, 1.54) is 16.4 Å². The summed E-state index contributed by atoms with van der Waals surface area (Å²) in [6.45, 7) is 4.05. The van der Waals surface area contributed by atoms with Crippen molar-refractivity contribution in [3.63, 3.8) is 0 Å². The normalized spacial score (nSPS) is 27.7. The summed E-state index contributed by atoms with van der Waals surface area (Å²) in [6, 6.07) is 3.85. The SMILES string of the molecule is CC1CN2CCCC2CN1S(=O)(=O)c1ccc(N)cc1F. The van der Waals surface area contributed by atoms with Crippen LogP contribution >= 0.6 is 0 Å². The Morgan fingerprint density at radius 2 is 2.10 bits per heavy atom. The van der Waals surface area contributed by atoms with Crippen molar-refractivity contribution in [2.24, 2.45) is 0 Å². The first-order chi connectivity index (χ1) is 9.89. The number of piperazine rings is 1. The highest BCUT2D eigenvalue weighted by Gasteiger charge is 2.41. The molecule has 0 saturated carbocycles. The summed E-state index contributed by atoms with van der Waals surface area (Å²) in [5.74, 6) is -0.781. The third-order valence-electron chi connectivity index (χ3n) is 4.42. The predicted molar refractivity (Wildman–Crippen MR) is 78.8 cm³/mol. The van der Waals surface area contributed by atoms with E-state index >= 15 is 0 Å². The van der Waals surface area contributed by atoms with Gasteiger partial charge in [0.05, 0.1) is 0 Å². The number of halogens is 1. The number of nitrogens with zero attached hydrogens (tertiary/aromatic N) is 2. The van der Waals surface area contributed by atoms with Gasteiger partial charge in [0.1, 0.15) is 10.7 Å². The fourth-order valence-electron chi connectivity index (χ4n) is 3.35. The molecule has 5 nitrogen and oxygen atoms in total. The standard InChI is InChI=1S/C14H20FN3O2S/c1-10-8-17-6-2-3-12(17)9-18(10)21(19,20)14-5-4-11(16)7-13(14)15/h4-5,7,10,12H,2-3,6,8-9,16H2,1H3. The van der Waals surface area contributed by atoms with E-state index in [0.717, 1.165) is 25.5 Å². The van der Waals surface area contributed by atoms with Crippen LogP contribution in [-0.2, 0) is 10.0 Å². The van der Waals surface area contributed by atoms with E-state index in [4.69, 9.17) is 5.73 Å². The smallest absolute Gasteiger partial charge is 0.246 e. The van der Waals surface area contributed by atoms with Gasteiger partial charge in [-0.05, 0) is 44.5 Å². The van der Waals surface area contributed by atoms with Crippen molar-refractivity contribution in [1.29, 1.82) is 0 Å². The Balaban J connectivity index is 1.93. The van der Waals surface area contributed by atoms with Crippen LogP contribution < -0.4 is 5.73 Å². The van der Waals surface area contributed by atoms with Gasteiger partial charge in [-0.3, -0.25) is 4.90 Å². The molecule has 2 saturated heterocycles. The van der Waals surface area contributed by atoms with Gasteiger partial charge in [0.15, 0.2) is 0 Å². The summed E-state index contributed by atoms with van der Waals surface area (Å²) in [5, 5.41) is 0. The third-order valence-corrected chi connectivity index (χ3v) is 6.44. The van der Waals surface area contributed by atoms with Gasteiger partial charge in [0.25, 0.3) is 0 Å². The molecule has 0 amide bonds. The molecule has 3 rings (SSSR count). The summed E-state index contributed by atoms with van der Waals surface area (Å²) >= 11 is 0. The van der Waals surface area contributed by atoms with Gasteiger partial charge in [0, 0.05) is 30.9 Å². The van der Waals surface area contributed by atoms with Crippen LogP contribution in [-0.4, -0.2) is 49.3 Å². The van der Waals surface area contributed by atoms with E-state index in [0.29, 0.717) is 13.1 Å². The highest BCUT2D eigenvalue weighted by molar-refractivity contribution is 7.89. The molecule has 0 radical (unpaired) electrons. The van der Waals surface area contributed by atoms with E-state index in [-0.39, 0.29) is 22.7 Å². The zero-order valence-electron chi connectivity index (χ0n) is 12.0. The predicted octanol–water partition coefficient (Wildman–Crippen LogP) is 1.27. The maximum absolute atomic E-state index is 14.0. The fourth-order valence-corrected chi connectivity index (χ4v) is 5.05. The summed E-state index contributed by atoms with van der Waals surface area (Å²) in [6.07, 6.45) is 2.10. The molecular weight excluding hydrogens is 293 g/mol. The van der Waals surface area contributed by atoms with Crippen molar-refractivity contribution >= 4 is 15.7 Å². The van der Waals surface area contributed by atoms with Crippen LogP contribution in [0.4, 0.5) is 10.1 Å². The van der Waals surface area contributed by atoms with Gasteiger partial charge < -0.3 is 5.73 Å². The Hall–Kier alpha value is -1.18. The van der Waals surface area contributed by atoms with E-state index in [1.807, 2.05) is 6.92 Å². The van der Waals surface area contributed by atoms with Crippen LogP contribution in [0.15, 0.2) is 23.1 Å². The Kier molecular flexibility index (Phi) is 3.67. The number of hydrogen-bond acceptors (Lipinski definition) is 4. The van der Waals surface area contributed by atoms with Crippen LogP contribution in [0.3, 0.4) is 0 Å². The molecule has 2 heterocycles. The summed E-state index contributed by atoms with van der Waals surface area (Å²) in [5.41, 5.74) is 5.71. The molecule has 1 aromatic rings. The van der Waals surface area contributed by atoms with Crippen LogP contribution in [0.25, 0.3) is 0 Å². The largest absolute Gasteiger partial charge is 0.399 e. The maximum Gasteiger partial charge on any atom is 0.246 e. The van der Waals surface area contributed by atoms with Gasteiger partial charge in [-0.15, -0.1) is 0 Å². The Morgan fingerprint density at radius 3 is 2.81 bits per heavy atom. The Morgan fingerprint density at radius 1 is 1.33 bits per heavy atom. The molecule has 0 aromatic heterocycles. The van der Waals surface area contributed by atoms with Crippen molar-refractivity contribution in [3.05, 3.63) is 24.0 Å². The highest BCUT2D eigenvalue weighted by atomic mass is 32.2. The molecular formula is C14H20FN3O2S. The molecule has 2 unspecified atom stereocenters. The van der Waals surface area contributed by atoms with Crippen LogP contribution in [0.1, 0.15) is 19.8 Å². The van der Waals surface area contributed by atoms with Crippen molar-refractivity contribution in [2.75, 3.05) is 25.4 Å². The lowest BCUT2D eigenvalue weighted by atomic mass is 10.1. The minimum absolute atomic E-state index is 0.152. The number of benzene rings is 1. The fraction of sp³-hybridized carbons (Fsp3) is 0.571. The first-order valence-electron chi connectivity index (χ1n) is 7.20. The second kappa shape index (κ2) is 5.23. The molecule has 2 atom stereocenters. The van der Waals surface area contributed by atoms with Crippen LogP contribution in [0, 0.1) is 5.82 Å². The zero-order chi connectivity index (χ0) is 15.2. The summed E-state index contributed by atoms with van der Waals surface area (Å²) in [7, 11) is -3.82. The minimum Gasteiger partial charge on any atom is -0.399 e. The van der Waals surface area contributed by atoms with E-state index in [9.17, 15) is 12.8 Å². The van der Waals surface area contributed by atoms with E-state index in [2.05, 4.69) is 4.90 Å². The number of nitrogens with two attached hydrogens (primary N) is 1. The van der Waals surface area contributed by atoms with Crippen molar-refractivity contribution in [3.8, 4) is 0 Å². The molecule has 7 heteroatoms. The lowest BCUT2D eigenvalue weighted by molar-refractivity contribution is 0.117. The topological polar surface area (TPSA) is 66.6 Å². The third kappa shape index (κ3) is 2.54. The van der Waals surface area contributed by atoms with Crippen LogP contribution in [0.2, 0.25) is 0 Å². The number of sulfonamides is 1. The molecule has 2 aliphatic rings. The van der Waals surface area contributed by atoms with Crippen LogP contribution in [0.5, 0.6) is 0 Å². The molecule has 0 bridgehead atoms. The Bertz CT molecular complexity index is 650. The lowest BCUT2D eigenvalue weighted by Gasteiger charge is -2.41. The van der Waals surface area contributed by atoms with Gasteiger partial charge in [0.2, 0.25) is 10.0 Å².